The molecule has 0 heterocycles. The lowest BCUT2D eigenvalue weighted by Gasteiger charge is -2.18. The molecule has 0 fully saturated rings. The molecule has 7 nitrogen and oxygen atoms in total. The van der Waals surface area contributed by atoms with Crippen LogP contribution in [0, 0.1) is 0 Å². The van der Waals surface area contributed by atoms with Gasteiger partial charge in [-0.2, -0.15) is 0 Å². The number of anilines is 2. The summed E-state index contributed by atoms with van der Waals surface area (Å²) in [6.45, 7) is 1.53. The highest BCUT2D eigenvalue weighted by Gasteiger charge is 2.33. The van der Waals surface area contributed by atoms with Crippen molar-refractivity contribution in [2.24, 2.45) is 0 Å². The van der Waals surface area contributed by atoms with Gasteiger partial charge in [-0.25, -0.2) is 8.42 Å². The van der Waals surface area contributed by atoms with Crippen molar-refractivity contribution in [1.82, 2.24) is 0 Å². The number of nitrogens with two attached hydrogens (primary N) is 1. The number of aromatic hydroxyl groups is 2. The Kier molecular flexibility index (Phi) is 5.90. The second-order valence-corrected chi connectivity index (χ2v) is 8.33. The number of phenolic OH excluding ortho intramolecular Hbond substituents is 2. The number of nitrogens with one attached hydrogen (secondary N) is 1. The molecule has 0 saturated carbocycles. The molecule has 0 radical (unpaired) electrons. The van der Waals surface area contributed by atoms with Crippen LogP contribution in [0.1, 0.15) is 13.3 Å². The van der Waals surface area contributed by atoms with Gasteiger partial charge in [-0.05, 0) is 36.8 Å². The van der Waals surface area contributed by atoms with Crippen molar-refractivity contribution in [3.8, 4) is 11.5 Å². The van der Waals surface area contributed by atoms with Crippen LogP contribution in [0.15, 0.2) is 35.2 Å². The Balaban J connectivity index is 2.38. The van der Waals surface area contributed by atoms with E-state index >= 15 is 0 Å². The molecule has 2 aromatic carbocycles. The maximum absolute atomic E-state index is 12.7. The number of halogens is 2. The van der Waals surface area contributed by atoms with Crippen molar-refractivity contribution in [3.05, 3.63) is 40.4 Å². The summed E-state index contributed by atoms with van der Waals surface area (Å²) in [4.78, 5) is 12.4. The minimum Gasteiger partial charge on any atom is -0.508 e. The van der Waals surface area contributed by atoms with Crippen molar-refractivity contribution < 1.29 is 23.4 Å². The van der Waals surface area contributed by atoms with Gasteiger partial charge in [0.1, 0.15) is 16.0 Å². The van der Waals surface area contributed by atoms with E-state index in [0.717, 1.165) is 0 Å². The van der Waals surface area contributed by atoms with Crippen LogP contribution >= 0.6 is 23.2 Å². The van der Waals surface area contributed by atoms with Gasteiger partial charge in [0.15, 0.2) is 15.6 Å². The predicted octanol–water partition coefficient (Wildman–Crippen LogP) is 3.18. The molecule has 0 aromatic heterocycles. The molecule has 0 aliphatic heterocycles. The summed E-state index contributed by atoms with van der Waals surface area (Å²) in [5.74, 6) is -1.44. The van der Waals surface area contributed by atoms with Crippen molar-refractivity contribution in [1.29, 1.82) is 0 Å². The minimum absolute atomic E-state index is 0.0226. The monoisotopic (exact) mass is 418 g/mol. The Bertz CT molecular complexity index is 946. The molecule has 140 valence electrons. The number of sulfone groups is 1. The zero-order valence-electron chi connectivity index (χ0n) is 13.5. The molecule has 10 heteroatoms. The first-order chi connectivity index (χ1) is 12.1. The van der Waals surface area contributed by atoms with E-state index in [0.29, 0.717) is 0 Å². The number of rotatable bonds is 5. The molecule has 1 unspecified atom stereocenters. The molecule has 0 saturated heterocycles. The molecule has 26 heavy (non-hydrogen) atoms. The standard InChI is InChI=1S/C16H16Cl2N2O5S/c1-2-12(26(24,25)9-5-3-8(21)4-6-9)16(23)20-14-10(17)7-11(19)15(22)13(14)18/h3-7,12,21-22H,2,19H2,1H3,(H,20,23). The van der Waals surface area contributed by atoms with Gasteiger partial charge in [0.05, 0.1) is 21.3 Å². The van der Waals surface area contributed by atoms with Gasteiger partial charge in [0.2, 0.25) is 5.91 Å². The predicted molar refractivity (Wildman–Crippen MR) is 101 cm³/mol. The van der Waals surface area contributed by atoms with Crippen LogP contribution in [0.4, 0.5) is 11.4 Å². The fourth-order valence-corrected chi connectivity index (χ4v) is 4.48. The molecule has 0 aliphatic rings. The Labute approximate surface area is 160 Å². The molecule has 0 aliphatic carbocycles. The van der Waals surface area contributed by atoms with Gasteiger partial charge in [-0.15, -0.1) is 0 Å². The smallest absolute Gasteiger partial charge is 0.243 e. The van der Waals surface area contributed by atoms with Gasteiger partial charge in [0, 0.05) is 0 Å². The SMILES string of the molecule is CCC(C(=O)Nc1c(Cl)cc(N)c(O)c1Cl)S(=O)(=O)c1ccc(O)cc1. The van der Waals surface area contributed by atoms with Crippen LogP contribution in [0.25, 0.3) is 0 Å². The fraction of sp³-hybridized carbons (Fsp3) is 0.188. The average Bonchev–Trinajstić information content (AvgIpc) is 2.57. The number of hydrogen-bond acceptors (Lipinski definition) is 6. The van der Waals surface area contributed by atoms with Crippen LogP contribution in [-0.4, -0.2) is 29.8 Å². The minimum atomic E-state index is -4.03. The van der Waals surface area contributed by atoms with Gasteiger partial charge in [-0.3, -0.25) is 4.79 Å². The van der Waals surface area contributed by atoms with Gasteiger partial charge < -0.3 is 21.3 Å². The molecule has 5 N–H and O–H groups in total. The zero-order valence-corrected chi connectivity index (χ0v) is 15.9. The summed E-state index contributed by atoms with van der Waals surface area (Å²) in [7, 11) is -4.03. The van der Waals surface area contributed by atoms with Crippen LogP contribution < -0.4 is 11.1 Å². The molecule has 0 spiro atoms. The number of benzene rings is 2. The summed E-state index contributed by atoms with van der Waals surface area (Å²) in [5, 5.41) is 19.6. The lowest BCUT2D eigenvalue weighted by atomic mass is 10.2. The Morgan fingerprint density at radius 3 is 2.35 bits per heavy atom. The second kappa shape index (κ2) is 7.61. The Hall–Kier alpha value is -2.16. The molecule has 1 atom stereocenters. The summed E-state index contributed by atoms with van der Waals surface area (Å²) in [6.07, 6.45) is -0.0226. The molecular weight excluding hydrogens is 403 g/mol. The van der Waals surface area contributed by atoms with E-state index in [2.05, 4.69) is 5.32 Å². The van der Waals surface area contributed by atoms with E-state index in [9.17, 15) is 23.4 Å². The van der Waals surface area contributed by atoms with E-state index in [1.807, 2.05) is 0 Å². The highest BCUT2D eigenvalue weighted by Crippen LogP contribution is 2.41. The van der Waals surface area contributed by atoms with Gasteiger partial charge >= 0.3 is 0 Å². The first-order valence-electron chi connectivity index (χ1n) is 7.39. The van der Waals surface area contributed by atoms with E-state index in [1.54, 1.807) is 0 Å². The quantitative estimate of drug-likeness (QED) is 0.435. The van der Waals surface area contributed by atoms with E-state index in [1.165, 1.54) is 37.3 Å². The topological polar surface area (TPSA) is 130 Å². The normalized spacial score (nSPS) is 12.6. The van der Waals surface area contributed by atoms with Crippen LogP contribution in [-0.2, 0) is 14.6 Å². The average molecular weight is 419 g/mol. The van der Waals surface area contributed by atoms with Crippen LogP contribution in [0.3, 0.4) is 0 Å². The zero-order chi connectivity index (χ0) is 19.6. The third-order valence-electron chi connectivity index (χ3n) is 3.67. The van der Waals surface area contributed by atoms with Crippen molar-refractivity contribution in [2.45, 2.75) is 23.5 Å². The van der Waals surface area contributed by atoms with Gasteiger partial charge in [0.25, 0.3) is 0 Å². The Morgan fingerprint density at radius 2 is 1.81 bits per heavy atom. The first-order valence-corrected chi connectivity index (χ1v) is 9.70. The first kappa shape index (κ1) is 20.2. The highest BCUT2D eigenvalue weighted by molar-refractivity contribution is 7.92. The lowest BCUT2D eigenvalue weighted by molar-refractivity contribution is -0.115. The number of carbonyl (C=O) groups is 1. The van der Waals surface area contributed by atoms with E-state index in [-0.39, 0.29) is 38.5 Å². The number of phenols is 2. The highest BCUT2D eigenvalue weighted by atomic mass is 35.5. The van der Waals surface area contributed by atoms with Crippen LogP contribution in [0.5, 0.6) is 11.5 Å². The number of amides is 1. The Morgan fingerprint density at radius 1 is 1.23 bits per heavy atom. The maximum Gasteiger partial charge on any atom is 0.243 e. The number of carbonyl (C=O) groups excluding carboxylic acids is 1. The third-order valence-corrected chi connectivity index (χ3v) is 6.56. The van der Waals surface area contributed by atoms with Crippen LogP contribution in [0.2, 0.25) is 10.0 Å². The third kappa shape index (κ3) is 3.82. The van der Waals surface area contributed by atoms with Crippen molar-refractivity contribution >= 4 is 50.3 Å². The molecule has 0 bridgehead atoms. The second-order valence-electron chi connectivity index (χ2n) is 5.41. The summed E-state index contributed by atoms with van der Waals surface area (Å²) < 4.78 is 25.4. The molecule has 2 rings (SSSR count). The largest absolute Gasteiger partial charge is 0.508 e. The lowest BCUT2D eigenvalue weighted by Crippen LogP contribution is -2.35. The maximum atomic E-state index is 12.7. The summed E-state index contributed by atoms with van der Waals surface area (Å²) in [5.41, 5.74) is 5.30. The summed E-state index contributed by atoms with van der Waals surface area (Å²) >= 11 is 11.9. The molecule has 2 aromatic rings. The van der Waals surface area contributed by atoms with E-state index < -0.39 is 26.7 Å². The molecular formula is C16H16Cl2N2O5S. The summed E-state index contributed by atoms with van der Waals surface area (Å²) in [6, 6.07) is 6.02. The van der Waals surface area contributed by atoms with Gasteiger partial charge in [-0.1, -0.05) is 30.1 Å². The molecule has 1 amide bonds. The number of nitrogen functional groups attached to an aromatic ring is 1. The van der Waals surface area contributed by atoms with Crippen molar-refractivity contribution in [2.75, 3.05) is 11.1 Å². The van der Waals surface area contributed by atoms with Crippen molar-refractivity contribution in [3.63, 3.8) is 0 Å². The number of hydrogen-bond donors (Lipinski definition) is 4. The fourth-order valence-electron chi connectivity index (χ4n) is 2.29. The van der Waals surface area contributed by atoms with E-state index in [4.69, 9.17) is 28.9 Å².